The van der Waals surface area contributed by atoms with Gasteiger partial charge >= 0.3 is 0 Å². The third kappa shape index (κ3) is 3.04. The van der Waals surface area contributed by atoms with Gasteiger partial charge in [0.25, 0.3) is 0 Å². The van der Waals surface area contributed by atoms with Gasteiger partial charge in [0.05, 0.1) is 18.8 Å². The lowest BCUT2D eigenvalue weighted by molar-refractivity contribution is 0.293. The standard InChI is InChI=1S/C20H20N4OS/c1-25-18-9-3-2-7-16(18)22-20(26)24-13-12-23-11-5-8-17(23)19(24)15-6-4-10-21-14-15/h2-11,14,19H,12-13H2,1H3,(H,22,26)/t19-/m0/s1. The van der Waals surface area contributed by atoms with Crippen LogP contribution in [0.3, 0.4) is 0 Å². The first-order chi connectivity index (χ1) is 12.8. The Morgan fingerprint density at radius 3 is 2.85 bits per heavy atom. The van der Waals surface area contributed by atoms with Crippen molar-refractivity contribution in [3.63, 3.8) is 0 Å². The minimum atomic E-state index is 0.0298. The molecule has 0 radical (unpaired) electrons. The number of aromatic nitrogens is 2. The highest BCUT2D eigenvalue weighted by Crippen LogP contribution is 2.33. The number of fused-ring (bicyclic) bond motifs is 1. The molecule has 1 N–H and O–H groups in total. The number of nitrogens with zero attached hydrogens (tertiary/aromatic N) is 3. The summed E-state index contributed by atoms with van der Waals surface area (Å²) in [6.07, 6.45) is 5.82. The minimum absolute atomic E-state index is 0.0298. The average molecular weight is 364 g/mol. The summed E-state index contributed by atoms with van der Waals surface area (Å²) in [4.78, 5) is 6.52. The number of hydrogen-bond donors (Lipinski definition) is 1. The van der Waals surface area contributed by atoms with Crippen molar-refractivity contribution in [3.05, 3.63) is 78.4 Å². The Hall–Kier alpha value is -2.86. The second kappa shape index (κ2) is 7.17. The molecule has 26 heavy (non-hydrogen) atoms. The number of ether oxygens (including phenoxy) is 1. The number of methoxy groups -OCH3 is 1. The highest BCUT2D eigenvalue weighted by molar-refractivity contribution is 7.80. The Bertz CT molecular complexity index is 909. The van der Waals surface area contributed by atoms with E-state index in [-0.39, 0.29) is 6.04 Å². The van der Waals surface area contributed by atoms with Crippen molar-refractivity contribution < 1.29 is 4.74 Å². The quantitative estimate of drug-likeness (QED) is 0.718. The van der Waals surface area contributed by atoms with Gasteiger partial charge in [0, 0.05) is 37.4 Å². The second-order valence-corrected chi connectivity index (χ2v) is 6.53. The summed E-state index contributed by atoms with van der Waals surface area (Å²) in [5, 5.41) is 4.03. The van der Waals surface area contributed by atoms with E-state index in [1.807, 2.05) is 36.5 Å². The Kier molecular flexibility index (Phi) is 4.58. The van der Waals surface area contributed by atoms with Crippen LogP contribution in [0.15, 0.2) is 67.1 Å². The van der Waals surface area contributed by atoms with Crippen LogP contribution in [0, 0.1) is 0 Å². The van der Waals surface area contributed by atoms with E-state index in [0.29, 0.717) is 5.11 Å². The zero-order chi connectivity index (χ0) is 17.9. The topological polar surface area (TPSA) is 42.3 Å². The molecule has 0 amide bonds. The Balaban J connectivity index is 1.67. The van der Waals surface area contributed by atoms with E-state index in [4.69, 9.17) is 17.0 Å². The van der Waals surface area contributed by atoms with Crippen molar-refractivity contribution in [3.8, 4) is 5.75 Å². The van der Waals surface area contributed by atoms with E-state index in [9.17, 15) is 0 Å². The predicted molar refractivity (Wildman–Crippen MR) is 106 cm³/mol. The highest BCUT2D eigenvalue weighted by atomic mass is 32.1. The van der Waals surface area contributed by atoms with E-state index < -0.39 is 0 Å². The Morgan fingerprint density at radius 2 is 2.04 bits per heavy atom. The minimum Gasteiger partial charge on any atom is -0.495 e. The van der Waals surface area contributed by atoms with Crippen LogP contribution in [0.25, 0.3) is 0 Å². The van der Waals surface area contributed by atoms with Crippen molar-refractivity contribution in [2.75, 3.05) is 19.0 Å². The molecule has 4 rings (SSSR count). The van der Waals surface area contributed by atoms with Gasteiger partial charge in [-0.1, -0.05) is 18.2 Å². The van der Waals surface area contributed by atoms with Gasteiger partial charge in [-0.25, -0.2) is 0 Å². The molecular formula is C20H20N4OS. The molecule has 3 heterocycles. The number of thiocarbonyl (C=S) groups is 1. The van der Waals surface area contributed by atoms with Crippen molar-refractivity contribution >= 4 is 23.0 Å². The molecule has 6 heteroatoms. The number of benzene rings is 1. The van der Waals surface area contributed by atoms with Gasteiger partial charge in [0.15, 0.2) is 5.11 Å². The van der Waals surface area contributed by atoms with Gasteiger partial charge in [0.1, 0.15) is 5.75 Å². The first-order valence-corrected chi connectivity index (χ1v) is 8.94. The van der Waals surface area contributed by atoms with Gasteiger partial charge in [-0.2, -0.15) is 0 Å². The summed E-state index contributed by atoms with van der Waals surface area (Å²) < 4.78 is 7.71. The average Bonchev–Trinajstić information content (AvgIpc) is 3.17. The van der Waals surface area contributed by atoms with Gasteiger partial charge in [-0.05, 0) is 48.1 Å². The molecule has 0 spiro atoms. The molecular weight excluding hydrogens is 344 g/mol. The second-order valence-electron chi connectivity index (χ2n) is 6.14. The molecule has 132 valence electrons. The molecule has 0 saturated carbocycles. The van der Waals surface area contributed by atoms with E-state index in [1.54, 1.807) is 13.3 Å². The number of para-hydroxylation sites is 2. The third-order valence-electron chi connectivity index (χ3n) is 4.65. The molecule has 2 aromatic heterocycles. The lowest BCUT2D eigenvalue weighted by Crippen LogP contribution is -2.44. The maximum absolute atomic E-state index is 5.77. The highest BCUT2D eigenvalue weighted by Gasteiger charge is 2.30. The lowest BCUT2D eigenvalue weighted by Gasteiger charge is -2.39. The molecule has 0 saturated heterocycles. The van der Waals surface area contributed by atoms with Crippen molar-refractivity contribution in [2.24, 2.45) is 0 Å². The summed E-state index contributed by atoms with van der Waals surface area (Å²) in [6.45, 7) is 1.72. The first kappa shape index (κ1) is 16.6. The Morgan fingerprint density at radius 1 is 1.15 bits per heavy atom. The van der Waals surface area contributed by atoms with Crippen LogP contribution in [-0.4, -0.2) is 33.2 Å². The number of nitrogens with one attached hydrogen (secondary N) is 1. The van der Waals surface area contributed by atoms with Crippen LogP contribution in [0.5, 0.6) is 5.75 Å². The predicted octanol–water partition coefficient (Wildman–Crippen LogP) is 3.69. The third-order valence-corrected chi connectivity index (χ3v) is 4.98. The van der Waals surface area contributed by atoms with Crippen LogP contribution in [0.4, 0.5) is 5.69 Å². The summed E-state index contributed by atoms with van der Waals surface area (Å²) in [5.41, 5.74) is 3.20. The molecule has 0 bridgehead atoms. The summed E-state index contributed by atoms with van der Waals surface area (Å²) in [6, 6.07) is 16.1. The van der Waals surface area contributed by atoms with Crippen molar-refractivity contribution in [1.82, 2.24) is 14.5 Å². The fourth-order valence-electron chi connectivity index (χ4n) is 3.43. The fraction of sp³-hybridized carbons (Fsp3) is 0.200. The van der Waals surface area contributed by atoms with E-state index >= 15 is 0 Å². The van der Waals surface area contributed by atoms with Gasteiger partial charge in [-0.15, -0.1) is 0 Å². The molecule has 3 aromatic rings. The van der Waals surface area contributed by atoms with Crippen LogP contribution >= 0.6 is 12.2 Å². The zero-order valence-corrected chi connectivity index (χ0v) is 15.3. The van der Waals surface area contributed by atoms with E-state index in [0.717, 1.165) is 30.1 Å². The lowest BCUT2D eigenvalue weighted by atomic mass is 10.0. The van der Waals surface area contributed by atoms with Crippen LogP contribution in [0.1, 0.15) is 17.3 Å². The normalized spacial score (nSPS) is 16.0. The SMILES string of the molecule is COc1ccccc1NC(=S)N1CCn2cccc2[C@@H]1c1cccnc1. The zero-order valence-electron chi connectivity index (χ0n) is 14.5. The molecule has 1 atom stereocenters. The fourth-order valence-corrected chi connectivity index (χ4v) is 3.73. The largest absolute Gasteiger partial charge is 0.495 e. The van der Waals surface area contributed by atoms with Crippen LogP contribution < -0.4 is 10.1 Å². The van der Waals surface area contributed by atoms with Gasteiger partial charge in [-0.3, -0.25) is 4.98 Å². The number of pyridine rings is 1. The molecule has 0 aliphatic carbocycles. The van der Waals surface area contributed by atoms with E-state index in [2.05, 4.69) is 44.2 Å². The maximum atomic E-state index is 5.77. The molecule has 1 aromatic carbocycles. The maximum Gasteiger partial charge on any atom is 0.174 e. The molecule has 5 nitrogen and oxygen atoms in total. The smallest absolute Gasteiger partial charge is 0.174 e. The van der Waals surface area contributed by atoms with Gasteiger partial charge < -0.3 is 19.5 Å². The van der Waals surface area contributed by atoms with Crippen molar-refractivity contribution in [1.29, 1.82) is 0 Å². The molecule has 1 aliphatic rings. The van der Waals surface area contributed by atoms with Crippen LogP contribution in [0.2, 0.25) is 0 Å². The number of anilines is 1. The summed E-state index contributed by atoms with van der Waals surface area (Å²) in [7, 11) is 1.66. The summed E-state index contributed by atoms with van der Waals surface area (Å²) in [5.74, 6) is 0.771. The van der Waals surface area contributed by atoms with Crippen LogP contribution in [-0.2, 0) is 6.54 Å². The molecule has 0 fully saturated rings. The molecule has 1 aliphatic heterocycles. The Labute approximate surface area is 158 Å². The molecule has 0 unspecified atom stereocenters. The van der Waals surface area contributed by atoms with Crippen molar-refractivity contribution in [2.45, 2.75) is 12.6 Å². The van der Waals surface area contributed by atoms with Gasteiger partial charge in [0.2, 0.25) is 0 Å². The first-order valence-electron chi connectivity index (χ1n) is 8.53. The number of hydrogen-bond acceptors (Lipinski definition) is 3. The monoisotopic (exact) mass is 364 g/mol. The number of rotatable bonds is 3. The van der Waals surface area contributed by atoms with E-state index in [1.165, 1.54) is 5.69 Å². The summed E-state index contributed by atoms with van der Waals surface area (Å²) >= 11 is 5.77.